The Morgan fingerprint density at radius 2 is 1.87 bits per heavy atom. The van der Waals surface area contributed by atoms with Crippen LogP contribution in [0.3, 0.4) is 0 Å². The molecule has 2 aromatic rings. The van der Waals surface area contributed by atoms with Gasteiger partial charge in [0.05, 0.1) is 24.8 Å². The molecule has 1 atom stereocenters. The van der Waals surface area contributed by atoms with Crippen molar-refractivity contribution in [2.24, 2.45) is 0 Å². The van der Waals surface area contributed by atoms with Gasteiger partial charge in [0, 0.05) is 36.6 Å². The molecule has 2 aliphatic heterocycles. The zero-order valence-corrected chi connectivity index (χ0v) is 17.9. The van der Waals surface area contributed by atoms with Crippen LogP contribution >= 0.6 is 11.3 Å². The maximum Gasteiger partial charge on any atom is 0.295 e. The Balaban J connectivity index is 1.61. The molecule has 4 rings (SSSR count). The minimum atomic E-state index is -0.613. The third kappa shape index (κ3) is 4.19. The molecule has 1 amide bonds. The summed E-state index contributed by atoms with van der Waals surface area (Å²) in [5.41, 5.74) is 1.79. The number of carbonyl (C=O) groups excluding carboxylic acids is 2. The van der Waals surface area contributed by atoms with E-state index < -0.39 is 17.7 Å². The van der Waals surface area contributed by atoms with E-state index in [1.165, 1.54) is 11.3 Å². The average molecular weight is 427 g/mol. The summed E-state index contributed by atoms with van der Waals surface area (Å²) in [5.74, 6) is -1.26. The first-order valence-electron chi connectivity index (χ1n) is 10.2. The van der Waals surface area contributed by atoms with Gasteiger partial charge >= 0.3 is 0 Å². The van der Waals surface area contributed by atoms with Crippen molar-refractivity contribution in [1.29, 1.82) is 0 Å². The van der Waals surface area contributed by atoms with Gasteiger partial charge in [-0.25, -0.2) is 0 Å². The number of likely N-dealkylation sites (tertiary alicyclic amines) is 1. The number of carbonyl (C=O) groups is 2. The van der Waals surface area contributed by atoms with E-state index in [0.29, 0.717) is 12.1 Å². The zero-order chi connectivity index (χ0) is 21.1. The average Bonchev–Trinajstić information content (AvgIpc) is 3.37. The number of ether oxygens (including phenoxy) is 1. The normalized spacial score (nSPS) is 22.0. The molecule has 30 heavy (non-hydrogen) atoms. The van der Waals surface area contributed by atoms with Crippen LogP contribution in [0.4, 0.5) is 0 Å². The number of aliphatic hydroxyl groups is 1. The van der Waals surface area contributed by atoms with Crippen molar-refractivity contribution in [1.82, 2.24) is 9.80 Å². The second-order valence-corrected chi connectivity index (χ2v) is 8.66. The highest BCUT2D eigenvalue weighted by molar-refractivity contribution is 7.10. The minimum Gasteiger partial charge on any atom is -0.507 e. The molecule has 1 aromatic heterocycles. The van der Waals surface area contributed by atoms with Gasteiger partial charge in [0.25, 0.3) is 11.7 Å². The first kappa shape index (κ1) is 20.8. The van der Waals surface area contributed by atoms with Crippen molar-refractivity contribution in [3.05, 3.63) is 63.4 Å². The maximum atomic E-state index is 12.9. The van der Waals surface area contributed by atoms with Gasteiger partial charge in [-0.1, -0.05) is 35.9 Å². The fourth-order valence-electron chi connectivity index (χ4n) is 4.01. The van der Waals surface area contributed by atoms with Gasteiger partial charge in [-0.3, -0.25) is 14.5 Å². The molecule has 2 aliphatic rings. The summed E-state index contributed by atoms with van der Waals surface area (Å²) in [6.07, 6.45) is 0.763. The predicted molar refractivity (Wildman–Crippen MR) is 116 cm³/mol. The Labute approximate surface area is 180 Å². The Bertz CT molecular complexity index is 931. The number of thiophene rings is 1. The maximum absolute atomic E-state index is 12.9. The van der Waals surface area contributed by atoms with Crippen LogP contribution in [0.5, 0.6) is 0 Å². The van der Waals surface area contributed by atoms with E-state index in [0.717, 1.165) is 49.7 Å². The molecule has 0 aliphatic carbocycles. The lowest BCUT2D eigenvalue weighted by molar-refractivity contribution is -0.140. The van der Waals surface area contributed by atoms with Crippen molar-refractivity contribution < 1.29 is 19.4 Å². The lowest BCUT2D eigenvalue weighted by atomic mass is 9.99. The number of aliphatic hydroxyl groups excluding tert-OH is 1. The monoisotopic (exact) mass is 426 g/mol. The second-order valence-electron chi connectivity index (χ2n) is 7.68. The fourth-order valence-corrected chi connectivity index (χ4v) is 4.86. The van der Waals surface area contributed by atoms with Crippen LogP contribution < -0.4 is 0 Å². The number of aryl methyl sites for hydroxylation is 1. The lowest BCUT2D eigenvalue weighted by Crippen LogP contribution is -2.38. The molecule has 1 N–H and O–H groups in total. The van der Waals surface area contributed by atoms with E-state index in [1.54, 1.807) is 17.0 Å². The molecule has 0 bridgehead atoms. The van der Waals surface area contributed by atoms with E-state index in [2.05, 4.69) is 4.90 Å². The number of Topliss-reactive ketones (excluding diaryl/α,β-unsaturated/α-hetero) is 1. The van der Waals surface area contributed by atoms with Crippen molar-refractivity contribution in [2.45, 2.75) is 19.4 Å². The van der Waals surface area contributed by atoms with E-state index in [9.17, 15) is 14.7 Å². The number of hydrogen-bond acceptors (Lipinski definition) is 6. The molecular weight excluding hydrogens is 400 g/mol. The molecule has 158 valence electrons. The molecule has 3 heterocycles. The number of amides is 1. The third-order valence-corrected chi connectivity index (χ3v) is 6.58. The van der Waals surface area contributed by atoms with Gasteiger partial charge in [0.15, 0.2) is 0 Å². The SMILES string of the molecule is Cc1ccc(C(O)=C2C(=O)C(=O)N(CCCN3CCOCC3)[C@@H]2c2cccs2)cc1. The summed E-state index contributed by atoms with van der Waals surface area (Å²) in [6, 6.07) is 10.6. The Morgan fingerprint density at radius 3 is 2.53 bits per heavy atom. The molecule has 0 spiro atoms. The van der Waals surface area contributed by atoms with Gasteiger partial charge in [-0.05, 0) is 24.8 Å². The first-order chi connectivity index (χ1) is 14.6. The van der Waals surface area contributed by atoms with Crippen LogP contribution in [-0.4, -0.2) is 66.0 Å². The van der Waals surface area contributed by atoms with Gasteiger partial charge in [-0.2, -0.15) is 0 Å². The highest BCUT2D eigenvalue weighted by Crippen LogP contribution is 2.41. The molecule has 2 fully saturated rings. The van der Waals surface area contributed by atoms with Gasteiger partial charge in [0.1, 0.15) is 5.76 Å². The minimum absolute atomic E-state index is 0.109. The largest absolute Gasteiger partial charge is 0.507 e. The Morgan fingerprint density at radius 1 is 1.13 bits per heavy atom. The highest BCUT2D eigenvalue weighted by atomic mass is 32.1. The van der Waals surface area contributed by atoms with Gasteiger partial charge in [-0.15, -0.1) is 11.3 Å². The summed E-state index contributed by atoms with van der Waals surface area (Å²) in [5, 5.41) is 12.9. The molecular formula is C23H26N2O4S. The van der Waals surface area contributed by atoms with Crippen LogP contribution in [0.25, 0.3) is 5.76 Å². The van der Waals surface area contributed by atoms with Crippen LogP contribution in [-0.2, 0) is 14.3 Å². The summed E-state index contributed by atoms with van der Waals surface area (Å²) in [6.45, 7) is 6.52. The van der Waals surface area contributed by atoms with E-state index >= 15 is 0 Å². The fraction of sp³-hybridized carbons (Fsp3) is 0.391. The molecule has 7 heteroatoms. The highest BCUT2D eigenvalue weighted by Gasteiger charge is 2.46. The lowest BCUT2D eigenvalue weighted by Gasteiger charge is -2.28. The van der Waals surface area contributed by atoms with Crippen LogP contribution in [0.15, 0.2) is 47.4 Å². The van der Waals surface area contributed by atoms with Gasteiger partial charge in [0.2, 0.25) is 0 Å². The third-order valence-electron chi connectivity index (χ3n) is 5.65. The Hall–Kier alpha value is -2.48. The van der Waals surface area contributed by atoms with Crippen molar-refractivity contribution >= 4 is 28.8 Å². The zero-order valence-electron chi connectivity index (χ0n) is 17.0. The van der Waals surface area contributed by atoms with E-state index in [-0.39, 0.29) is 11.3 Å². The number of morpholine rings is 1. The summed E-state index contributed by atoms with van der Waals surface area (Å²) in [4.78, 5) is 30.6. The predicted octanol–water partition coefficient (Wildman–Crippen LogP) is 3.20. The summed E-state index contributed by atoms with van der Waals surface area (Å²) < 4.78 is 5.38. The Kier molecular flexibility index (Phi) is 6.32. The van der Waals surface area contributed by atoms with Crippen LogP contribution in [0.1, 0.15) is 28.5 Å². The van der Waals surface area contributed by atoms with E-state index in [4.69, 9.17) is 4.74 Å². The van der Waals surface area contributed by atoms with Crippen molar-refractivity contribution in [3.8, 4) is 0 Å². The van der Waals surface area contributed by atoms with Crippen LogP contribution in [0.2, 0.25) is 0 Å². The summed E-state index contributed by atoms with van der Waals surface area (Å²) >= 11 is 1.49. The molecule has 0 radical (unpaired) electrons. The molecule has 1 aromatic carbocycles. The number of benzene rings is 1. The van der Waals surface area contributed by atoms with Gasteiger partial charge < -0.3 is 14.7 Å². The van der Waals surface area contributed by atoms with Crippen LogP contribution in [0, 0.1) is 6.92 Å². The standard InChI is InChI=1S/C23H26N2O4S/c1-16-5-7-17(8-6-16)21(26)19-20(18-4-2-15-30-18)25(23(28)22(19)27)10-3-9-24-11-13-29-14-12-24/h2,4-8,15,20,26H,3,9-14H2,1H3/t20-/m1/s1. The number of ketones is 1. The number of nitrogens with zero attached hydrogens (tertiary/aromatic N) is 2. The molecule has 2 saturated heterocycles. The molecule has 0 unspecified atom stereocenters. The molecule has 6 nitrogen and oxygen atoms in total. The van der Waals surface area contributed by atoms with Crippen molar-refractivity contribution in [3.63, 3.8) is 0 Å². The topological polar surface area (TPSA) is 70.1 Å². The number of rotatable bonds is 6. The van der Waals surface area contributed by atoms with E-state index in [1.807, 2.05) is 36.6 Å². The van der Waals surface area contributed by atoms with Crippen molar-refractivity contribution in [2.75, 3.05) is 39.4 Å². The quantitative estimate of drug-likeness (QED) is 0.436. The smallest absolute Gasteiger partial charge is 0.295 e. The first-order valence-corrected chi connectivity index (χ1v) is 11.1. The molecule has 0 saturated carbocycles. The number of hydrogen-bond donors (Lipinski definition) is 1. The summed E-state index contributed by atoms with van der Waals surface area (Å²) in [7, 11) is 0. The second kappa shape index (κ2) is 9.12.